The Hall–Kier alpha value is -1.29. The van der Waals surface area contributed by atoms with Gasteiger partial charge in [0, 0.05) is 26.2 Å². The van der Waals surface area contributed by atoms with E-state index in [1.54, 1.807) is 19.2 Å². The summed E-state index contributed by atoms with van der Waals surface area (Å²) in [5, 5.41) is 3.31. The number of furan rings is 1. The molecule has 1 aromatic heterocycles. The van der Waals surface area contributed by atoms with Crippen molar-refractivity contribution in [2.75, 3.05) is 33.2 Å². The third-order valence-electron chi connectivity index (χ3n) is 4.91. The molecule has 1 amide bonds. The van der Waals surface area contributed by atoms with Crippen molar-refractivity contribution < 1.29 is 9.21 Å². The lowest BCUT2D eigenvalue weighted by atomic mass is 10.1. The van der Waals surface area contributed by atoms with Crippen LogP contribution >= 0.6 is 24.0 Å². The van der Waals surface area contributed by atoms with Crippen LogP contribution in [0.1, 0.15) is 42.0 Å². The number of nitrogens with two attached hydrogens (primary N) is 1. The highest BCUT2D eigenvalue weighted by molar-refractivity contribution is 14.0. The summed E-state index contributed by atoms with van der Waals surface area (Å²) in [6.45, 7) is 4.99. The third kappa shape index (κ3) is 5.10. The lowest BCUT2D eigenvalue weighted by molar-refractivity contribution is 0.0972. The van der Waals surface area contributed by atoms with Crippen molar-refractivity contribution in [2.24, 2.45) is 10.7 Å². The number of hydrogen-bond donors (Lipinski definition) is 2. The summed E-state index contributed by atoms with van der Waals surface area (Å²) in [5.41, 5.74) is 5.21. The van der Waals surface area contributed by atoms with Crippen LogP contribution in [-0.2, 0) is 6.54 Å². The number of likely N-dealkylation sites (tertiary alicyclic amines) is 2. The van der Waals surface area contributed by atoms with Gasteiger partial charge in [-0.15, -0.1) is 24.0 Å². The molecule has 0 radical (unpaired) electrons. The smallest absolute Gasteiger partial charge is 0.284 e. The topological polar surface area (TPSA) is 87.1 Å². The normalized spacial score (nSPS) is 21.9. The molecule has 3 rings (SSSR count). The number of piperidine rings is 1. The molecule has 1 aromatic rings. The summed E-state index contributed by atoms with van der Waals surface area (Å²) in [6.07, 6.45) is 5.20. The van der Waals surface area contributed by atoms with Crippen LogP contribution in [0.5, 0.6) is 0 Å². The van der Waals surface area contributed by atoms with Crippen LogP contribution in [0.15, 0.2) is 21.5 Å². The molecule has 2 aliphatic heterocycles. The summed E-state index contributed by atoms with van der Waals surface area (Å²) in [6, 6.07) is 4.00. The molecule has 0 spiro atoms. The number of carbonyl (C=O) groups excluding carboxylic acids is 1. The van der Waals surface area contributed by atoms with E-state index in [-0.39, 0.29) is 29.7 Å². The van der Waals surface area contributed by atoms with E-state index >= 15 is 0 Å². The van der Waals surface area contributed by atoms with Crippen molar-refractivity contribution in [3.63, 3.8) is 0 Å². The van der Waals surface area contributed by atoms with Gasteiger partial charge in [0.2, 0.25) is 0 Å². The molecule has 0 bridgehead atoms. The summed E-state index contributed by atoms with van der Waals surface area (Å²) >= 11 is 0. The van der Waals surface area contributed by atoms with E-state index in [1.807, 2.05) is 0 Å². The van der Waals surface area contributed by atoms with Gasteiger partial charge in [-0.1, -0.05) is 6.42 Å². The van der Waals surface area contributed by atoms with Gasteiger partial charge in [0.05, 0.1) is 6.54 Å². The van der Waals surface area contributed by atoms with Crippen LogP contribution in [0, 0.1) is 0 Å². The van der Waals surface area contributed by atoms with Gasteiger partial charge < -0.3 is 20.4 Å². The zero-order valence-electron chi connectivity index (χ0n) is 14.7. The monoisotopic (exact) mass is 461 g/mol. The summed E-state index contributed by atoms with van der Waals surface area (Å²) in [4.78, 5) is 20.4. The molecule has 2 fully saturated rings. The number of nitrogens with zero attached hydrogens (tertiary/aromatic N) is 3. The van der Waals surface area contributed by atoms with Gasteiger partial charge in [-0.3, -0.25) is 14.7 Å². The fraction of sp³-hybridized carbons (Fsp3) is 0.647. The molecule has 3 N–H and O–H groups in total. The second-order valence-electron chi connectivity index (χ2n) is 6.52. The van der Waals surface area contributed by atoms with Crippen LogP contribution in [0.25, 0.3) is 0 Å². The molecule has 7 nitrogen and oxygen atoms in total. The molecule has 140 valence electrons. The van der Waals surface area contributed by atoms with Crippen molar-refractivity contribution in [3.8, 4) is 0 Å². The number of halogens is 1. The number of primary amides is 1. The Morgan fingerprint density at radius 3 is 2.72 bits per heavy atom. The molecule has 0 saturated carbocycles. The van der Waals surface area contributed by atoms with Crippen LogP contribution in [0.2, 0.25) is 0 Å². The molecule has 0 aromatic carbocycles. The fourth-order valence-electron chi connectivity index (χ4n) is 3.62. The van der Waals surface area contributed by atoms with E-state index in [0.717, 1.165) is 19.0 Å². The quantitative estimate of drug-likeness (QED) is 0.405. The minimum Gasteiger partial charge on any atom is -0.454 e. The molecule has 1 unspecified atom stereocenters. The van der Waals surface area contributed by atoms with E-state index in [4.69, 9.17) is 10.2 Å². The maximum atomic E-state index is 11.1. The standard InChI is InChI=1S/C17H27N5O2.HI/c1-19-17(20-11-14-5-6-15(24-14)16(18)23)22-10-7-13(12-22)21-8-3-2-4-9-21;/h5-6,13H,2-4,7-12H2,1H3,(H2,18,23)(H,19,20);1H. The second-order valence-corrected chi connectivity index (χ2v) is 6.52. The minimum absolute atomic E-state index is 0. The van der Waals surface area contributed by atoms with Gasteiger partial charge >= 0.3 is 0 Å². The molecule has 2 saturated heterocycles. The molecular weight excluding hydrogens is 433 g/mol. The van der Waals surface area contributed by atoms with E-state index in [9.17, 15) is 4.79 Å². The second kappa shape index (κ2) is 9.42. The number of carbonyl (C=O) groups is 1. The van der Waals surface area contributed by atoms with Gasteiger partial charge in [0.25, 0.3) is 5.91 Å². The van der Waals surface area contributed by atoms with Crippen molar-refractivity contribution in [3.05, 3.63) is 23.7 Å². The Morgan fingerprint density at radius 2 is 2.08 bits per heavy atom. The van der Waals surface area contributed by atoms with Crippen LogP contribution in [-0.4, -0.2) is 60.9 Å². The van der Waals surface area contributed by atoms with Gasteiger partial charge in [0.1, 0.15) is 5.76 Å². The number of amides is 1. The number of aliphatic imine (C=N–C) groups is 1. The first-order valence-electron chi connectivity index (χ1n) is 8.75. The Kier molecular flexibility index (Phi) is 7.55. The van der Waals surface area contributed by atoms with Crippen molar-refractivity contribution in [1.82, 2.24) is 15.1 Å². The highest BCUT2D eigenvalue weighted by Gasteiger charge is 2.29. The zero-order chi connectivity index (χ0) is 16.9. The molecule has 2 aliphatic rings. The van der Waals surface area contributed by atoms with Gasteiger partial charge in [-0.05, 0) is 44.5 Å². The molecular formula is C17H28IN5O2. The van der Waals surface area contributed by atoms with Crippen LogP contribution < -0.4 is 11.1 Å². The maximum Gasteiger partial charge on any atom is 0.284 e. The predicted molar refractivity (Wildman–Crippen MR) is 108 cm³/mol. The van der Waals surface area contributed by atoms with Crippen molar-refractivity contribution >= 4 is 35.8 Å². The maximum absolute atomic E-state index is 11.1. The van der Waals surface area contributed by atoms with Crippen molar-refractivity contribution in [1.29, 1.82) is 0 Å². The van der Waals surface area contributed by atoms with Crippen LogP contribution in [0.3, 0.4) is 0 Å². The van der Waals surface area contributed by atoms with Gasteiger partial charge in [-0.2, -0.15) is 0 Å². The number of nitrogens with one attached hydrogen (secondary N) is 1. The molecule has 25 heavy (non-hydrogen) atoms. The lowest BCUT2D eigenvalue weighted by Crippen LogP contribution is -2.44. The average Bonchev–Trinajstić information content (AvgIpc) is 3.26. The van der Waals surface area contributed by atoms with Gasteiger partial charge in [-0.25, -0.2) is 0 Å². The highest BCUT2D eigenvalue weighted by atomic mass is 127. The third-order valence-corrected chi connectivity index (χ3v) is 4.91. The van der Waals surface area contributed by atoms with Crippen molar-refractivity contribution in [2.45, 2.75) is 38.3 Å². The van der Waals surface area contributed by atoms with Gasteiger partial charge in [0.15, 0.2) is 11.7 Å². The molecule has 1 atom stereocenters. The van der Waals surface area contributed by atoms with E-state index in [1.165, 1.54) is 38.8 Å². The first-order chi connectivity index (χ1) is 11.7. The zero-order valence-corrected chi connectivity index (χ0v) is 17.1. The Bertz CT molecular complexity index is 598. The fourth-order valence-corrected chi connectivity index (χ4v) is 3.62. The molecule has 8 heteroatoms. The number of hydrogen-bond acceptors (Lipinski definition) is 4. The number of rotatable bonds is 4. The average molecular weight is 461 g/mol. The lowest BCUT2D eigenvalue weighted by Gasteiger charge is -2.32. The predicted octanol–water partition coefficient (Wildman–Crippen LogP) is 1.63. The summed E-state index contributed by atoms with van der Waals surface area (Å²) < 4.78 is 5.40. The first-order valence-corrected chi connectivity index (χ1v) is 8.75. The Balaban J connectivity index is 0.00000225. The first kappa shape index (κ1) is 20.0. The largest absolute Gasteiger partial charge is 0.454 e. The van der Waals surface area contributed by atoms with E-state index < -0.39 is 5.91 Å². The minimum atomic E-state index is -0.547. The SMILES string of the molecule is CN=C(NCc1ccc(C(N)=O)o1)N1CCC(N2CCCCC2)C1.I. The Morgan fingerprint density at radius 1 is 1.32 bits per heavy atom. The van der Waals surface area contributed by atoms with Crippen LogP contribution in [0.4, 0.5) is 0 Å². The molecule has 3 heterocycles. The van der Waals surface area contributed by atoms with E-state index in [0.29, 0.717) is 18.3 Å². The molecule has 0 aliphatic carbocycles. The number of guanidine groups is 1. The summed E-state index contributed by atoms with van der Waals surface area (Å²) in [7, 11) is 1.80. The highest BCUT2D eigenvalue weighted by Crippen LogP contribution is 2.20. The van der Waals surface area contributed by atoms with E-state index in [2.05, 4.69) is 20.1 Å². The summed E-state index contributed by atoms with van der Waals surface area (Å²) in [5.74, 6) is 1.20. The Labute approximate surface area is 166 Å².